The number of hydrogen-bond donors (Lipinski definition) is 1. The number of halogens is 1. The van der Waals surface area contributed by atoms with E-state index < -0.39 is 0 Å². The first kappa shape index (κ1) is 14.7. The zero-order chi connectivity index (χ0) is 14.4. The number of benzene rings is 2. The monoisotopic (exact) mass is 273 g/mol. The van der Waals surface area contributed by atoms with Gasteiger partial charge in [0.05, 0.1) is 6.61 Å². The van der Waals surface area contributed by atoms with Gasteiger partial charge >= 0.3 is 0 Å². The lowest BCUT2D eigenvalue weighted by atomic mass is 10.1. The number of methoxy groups -OCH3 is 1. The normalized spacial score (nSPS) is 12.3. The van der Waals surface area contributed by atoms with Crippen LogP contribution in [0.5, 0.6) is 0 Å². The van der Waals surface area contributed by atoms with Crippen LogP contribution in [-0.2, 0) is 17.9 Å². The highest BCUT2D eigenvalue weighted by Crippen LogP contribution is 2.16. The standard InChI is InChI=1S/C17H20FNO/c1-13(16-5-3-4-6-17(16)18)19-11-14-7-9-15(10-8-14)12-20-2/h3-10,13,19H,11-12H2,1-2H3. The van der Waals surface area contributed by atoms with Gasteiger partial charge in [0.15, 0.2) is 0 Å². The largest absolute Gasteiger partial charge is 0.380 e. The van der Waals surface area contributed by atoms with Crippen molar-refractivity contribution in [2.45, 2.75) is 26.1 Å². The average Bonchev–Trinajstić information content (AvgIpc) is 2.47. The van der Waals surface area contributed by atoms with Crippen molar-refractivity contribution in [2.24, 2.45) is 0 Å². The Morgan fingerprint density at radius 2 is 1.70 bits per heavy atom. The van der Waals surface area contributed by atoms with Crippen molar-refractivity contribution in [3.63, 3.8) is 0 Å². The highest BCUT2D eigenvalue weighted by Gasteiger charge is 2.09. The molecule has 0 aliphatic heterocycles. The molecular formula is C17H20FNO. The molecule has 2 aromatic rings. The summed E-state index contributed by atoms with van der Waals surface area (Å²) in [5.74, 6) is -0.164. The summed E-state index contributed by atoms with van der Waals surface area (Å²) >= 11 is 0. The quantitative estimate of drug-likeness (QED) is 0.864. The maximum atomic E-state index is 13.6. The second kappa shape index (κ2) is 7.17. The Labute approximate surface area is 119 Å². The Bertz CT molecular complexity index is 539. The van der Waals surface area contributed by atoms with Crippen molar-refractivity contribution < 1.29 is 9.13 Å². The fourth-order valence-electron chi connectivity index (χ4n) is 2.13. The Morgan fingerprint density at radius 3 is 2.35 bits per heavy atom. The third kappa shape index (κ3) is 3.89. The lowest BCUT2D eigenvalue weighted by Gasteiger charge is -2.15. The van der Waals surface area contributed by atoms with Gasteiger partial charge in [-0.2, -0.15) is 0 Å². The summed E-state index contributed by atoms with van der Waals surface area (Å²) in [5, 5.41) is 3.34. The molecule has 0 radical (unpaired) electrons. The van der Waals surface area contributed by atoms with Crippen molar-refractivity contribution >= 4 is 0 Å². The van der Waals surface area contributed by atoms with E-state index in [0.717, 1.165) is 5.56 Å². The Balaban J connectivity index is 1.93. The van der Waals surface area contributed by atoms with Crippen molar-refractivity contribution in [1.82, 2.24) is 5.32 Å². The summed E-state index contributed by atoms with van der Waals surface area (Å²) in [6, 6.07) is 15.1. The van der Waals surface area contributed by atoms with Crippen LogP contribution in [0.4, 0.5) is 4.39 Å². The van der Waals surface area contributed by atoms with Gasteiger partial charge in [-0.25, -0.2) is 4.39 Å². The van der Waals surface area contributed by atoms with E-state index in [9.17, 15) is 4.39 Å². The van der Waals surface area contributed by atoms with E-state index in [0.29, 0.717) is 18.7 Å². The van der Waals surface area contributed by atoms with Gasteiger partial charge < -0.3 is 10.1 Å². The maximum absolute atomic E-state index is 13.6. The molecule has 2 aromatic carbocycles. The molecule has 0 bridgehead atoms. The van der Waals surface area contributed by atoms with Gasteiger partial charge in [0.2, 0.25) is 0 Å². The van der Waals surface area contributed by atoms with Crippen LogP contribution in [0.2, 0.25) is 0 Å². The minimum absolute atomic E-state index is 0.0187. The summed E-state index contributed by atoms with van der Waals surface area (Å²) in [6.45, 7) is 3.31. The molecule has 0 aliphatic carbocycles. The van der Waals surface area contributed by atoms with Crippen molar-refractivity contribution in [1.29, 1.82) is 0 Å². The van der Waals surface area contributed by atoms with Gasteiger partial charge in [-0.05, 0) is 24.1 Å². The predicted molar refractivity (Wildman–Crippen MR) is 78.8 cm³/mol. The number of nitrogens with one attached hydrogen (secondary N) is 1. The van der Waals surface area contributed by atoms with Gasteiger partial charge in [-0.15, -0.1) is 0 Å². The summed E-state index contributed by atoms with van der Waals surface area (Å²) in [5.41, 5.74) is 3.02. The van der Waals surface area contributed by atoms with Gasteiger partial charge in [0.1, 0.15) is 5.82 Å². The molecule has 1 N–H and O–H groups in total. The third-order valence-corrected chi connectivity index (χ3v) is 3.32. The zero-order valence-electron chi connectivity index (χ0n) is 11.9. The Morgan fingerprint density at radius 1 is 1.05 bits per heavy atom. The van der Waals surface area contributed by atoms with E-state index in [1.165, 1.54) is 11.6 Å². The zero-order valence-corrected chi connectivity index (χ0v) is 11.9. The van der Waals surface area contributed by atoms with Crippen LogP contribution in [0, 0.1) is 5.82 Å². The second-order valence-electron chi connectivity index (χ2n) is 4.87. The number of ether oxygens (including phenoxy) is 1. The fourth-order valence-corrected chi connectivity index (χ4v) is 2.13. The van der Waals surface area contributed by atoms with E-state index >= 15 is 0 Å². The van der Waals surface area contributed by atoms with E-state index in [4.69, 9.17) is 4.74 Å². The smallest absolute Gasteiger partial charge is 0.127 e. The molecule has 20 heavy (non-hydrogen) atoms. The summed E-state index contributed by atoms with van der Waals surface area (Å²) < 4.78 is 18.7. The number of hydrogen-bond acceptors (Lipinski definition) is 2. The summed E-state index contributed by atoms with van der Waals surface area (Å²) in [6.07, 6.45) is 0. The van der Waals surface area contributed by atoms with Gasteiger partial charge in [-0.1, -0.05) is 42.5 Å². The lowest BCUT2D eigenvalue weighted by molar-refractivity contribution is 0.185. The van der Waals surface area contributed by atoms with Crippen LogP contribution in [0.15, 0.2) is 48.5 Å². The van der Waals surface area contributed by atoms with E-state index in [1.54, 1.807) is 13.2 Å². The molecule has 106 valence electrons. The van der Waals surface area contributed by atoms with Crippen molar-refractivity contribution in [3.05, 3.63) is 71.0 Å². The Kier molecular flexibility index (Phi) is 5.27. The molecule has 0 saturated heterocycles. The van der Waals surface area contributed by atoms with Crippen molar-refractivity contribution in [2.75, 3.05) is 7.11 Å². The molecular weight excluding hydrogens is 253 g/mol. The molecule has 1 unspecified atom stereocenters. The van der Waals surface area contributed by atoms with Crippen LogP contribution in [0.1, 0.15) is 29.7 Å². The SMILES string of the molecule is COCc1ccc(CNC(C)c2ccccc2F)cc1. The predicted octanol–water partition coefficient (Wildman–Crippen LogP) is 3.82. The second-order valence-corrected chi connectivity index (χ2v) is 4.87. The molecule has 3 heteroatoms. The first-order chi connectivity index (χ1) is 9.70. The summed E-state index contributed by atoms with van der Waals surface area (Å²) in [4.78, 5) is 0. The Hall–Kier alpha value is -1.71. The number of rotatable bonds is 6. The average molecular weight is 273 g/mol. The van der Waals surface area contributed by atoms with E-state index in [1.807, 2.05) is 31.2 Å². The molecule has 0 saturated carbocycles. The van der Waals surface area contributed by atoms with Gasteiger partial charge in [0.25, 0.3) is 0 Å². The first-order valence-electron chi connectivity index (χ1n) is 6.75. The van der Waals surface area contributed by atoms with Gasteiger partial charge in [0, 0.05) is 25.3 Å². The highest BCUT2D eigenvalue weighted by atomic mass is 19.1. The van der Waals surface area contributed by atoms with Crippen LogP contribution in [0.25, 0.3) is 0 Å². The molecule has 2 nitrogen and oxygen atoms in total. The van der Waals surface area contributed by atoms with Crippen molar-refractivity contribution in [3.8, 4) is 0 Å². The molecule has 2 rings (SSSR count). The van der Waals surface area contributed by atoms with E-state index in [-0.39, 0.29) is 11.9 Å². The van der Waals surface area contributed by atoms with Crippen LogP contribution in [0.3, 0.4) is 0 Å². The third-order valence-electron chi connectivity index (χ3n) is 3.32. The molecule has 0 heterocycles. The molecule has 0 aromatic heterocycles. The molecule has 0 spiro atoms. The van der Waals surface area contributed by atoms with Crippen LogP contribution >= 0.6 is 0 Å². The molecule has 1 atom stereocenters. The van der Waals surface area contributed by atoms with E-state index in [2.05, 4.69) is 17.4 Å². The van der Waals surface area contributed by atoms with Crippen LogP contribution < -0.4 is 5.32 Å². The minimum atomic E-state index is -0.164. The fraction of sp³-hybridized carbons (Fsp3) is 0.294. The van der Waals surface area contributed by atoms with Crippen LogP contribution in [-0.4, -0.2) is 7.11 Å². The summed E-state index contributed by atoms with van der Waals surface area (Å²) in [7, 11) is 1.69. The molecule has 0 aliphatic rings. The lowest BCUT2D eigenvalue weighted by Crippen LogP contribution is -2.19. The van der Waals surface area contributed by atoms with Gasteiger partial charge in [-0.3, -0.25) is 0 Å². The topological polar surface area (TPSA) is 21.3 Å². The minimum Gasteiger partial charge on any atom is -0.380 e. The highest BCUT2D eigenvalue weighted by molar-refractivity contribution is 5.23. The maximum Gasteiger partial charge on any atom is 0.127 e. The molecule has 0 fully saturated rings. The molecule has 0 amide bonds. The first-order valence-corrected chi connectivity index (χ1v) is 6.75.